The molecule has 5 rings (SSSR count). The van der Waals surface area contributed by atoms with Gasteiger partial charge in [0.2, 0.25) is 11.9 Å². The average molecular weight is 425 g/mol. The molecule has 3 heterocycles. The van der Waals surface area contributed by atoms with Crippen molar-refractivity contribution in [3.63, 3.8) is 0 Å². The lowest BCUT2D eigenvalue weighted by Gasteiger charge is -2.31. The molecule has 1 aliphatic heterocycles. The van der Waals surface area contributed by atoms with Crippen molar-refractivity contribution in [3.05, 3.63) is 48.0 Å². The zero-order valence-corrected chi connectivity index (χ0v) is 17.2. The van der Waals surface area contributed by atoms with E-state index in [-0.39, 0.29) is 18.7 Å². The first kappa shape index (κ1) is 20.1. The summed E-state index contributed by atoms with van der Waals surface area (Å²) in [5.74, 6) is -1.74. The molecular formula is C23H25F2N5O. The van der Waals surface area contributed by atoms with E-state index in [9.17, 15) is 13.6 Å². The molecular weight excluding hydrogens is 400 g/mol. The lowest BCUT2D eigenvalue weighted by atomic mass is 10.0. The molecule has 3 aromatic rings. The number of nitrogens with one attached hydrogen (secondary N) is 1. The molecule has 0 spiro atoms. The summed E-state index contributed by atoms with van der Waals surface area (Å²) < 4.78 is 28.4. The summed E-state index contributed by atoms with van der Waals surface area (Å²) in [6.45, 7) is 1.51. The third kappa shape index (κ3) is 4.74. The van der Waals surface area contributed by atoms with E-state index in [1.807, 2.05) is 42.5 Å². The van der Waals surface area contributed by atoms with Crippen molar-refractivity contribution in [2.75, 3.05) is 18.4 Å². The summed E-state index contributed by atoms with van der Waals surface area (Å²) in [6.07, 6.45) is 2.63. The Balaban J connectivity index is 1.30. The molecule has 2 aliphatic rings. The fraction of sp³-hybridized carbons (Fsp3) is 0.435. The fourth-order valence-corrected chi connectivity index (χ4v) is 4.01. The molecule has 6 nitrogen and oxygen atoms in total. The Hall–Kier alpha value is -2.87. The molecule has 0 atom stereocenters. The maximum atomic E-state index is 13.4. The molecule has 1 aliphatic carbocycles. The standard InChI is InChI=1S/C23H25F2N5O/c24-23(25)10-12-29(13-11-23)15-17-6-8-18(9-7-17)19-2-1-3-20-26-22(28-30(19)20)27-21(31)14-16-4-5-16/h1-3,6-9,16H,4-5,10-15H2,(H,27,28,31). The van der Waals surface area contributed by atoms with Gasteiger partial charge in [0, 0.05) is 44.5 Å². The number of carbonyl (C=O) groups excluding carboxylic acids is 1. The van der Waals surface area contributed by atoms with Gasteiger partial charge in [-0.15, -0.1) is 5.10 Å². The molecule has 1 amide bonds. The predicted octanol–water partition coefficient (Wildman–Crippen LogP) is 4.37. The van der Waals surface area contributed by atoms with Crippen LogP contribution in [0.1, 0.15) is 37.7 Å². The highest BCUT2D eigenvalue weighted by molar-refractivity contribution is 5.89. The number of anilines is 1. The first-order chi connectivity index (χ1) is 14.9. The van der Waals surface area contributed by atoms with Crippen LogP contribution in [0.5, 0.6) is 0 Å². The molecule has 2 aromatic heterocycles. The van der Waals surface area contributed by atoms with Crippen LogP contribution in [0.15, 0.2) is 42.5 Å². The Bertz CT molecular complexity index is 1080. The molecule has 1 N–H and O–H groups in total. The number of fused-ring (bicyclic) bond motifs is 1. The number of amides is 1. The second-order valence-electron chi connectivity index (χ2n) is 8.64. The number of benzene rings is 1. The summed E-state index contributed by atoms with van der Waals surface area (Å²) >= 11 is 0. The van der Waals surface area contributed by atoms with Crippen molar-refractivity contribution in [2.24, 2.45) is 5.92 Å². The van der Waals surface area contributed by atoms with Gasteiger partial charge < -0.3 is 0 Å². The minimum Gasteiger partial charge on any atom is -0.299 e. The van der Waals surface area contributed by atoms with Crippen LogP contribution < -0.4 is 5.32 Å². The molecule has 1 aromatic carbocycles. The zero-order valence-electron chi connectivity index (χ0n) is 17.2. The van der Waals surface area contributed by atoms with Crippen molar-refractivity contribution in [2.45, 2.75) is 44.6 Å². The van der Waals surface area contributed by atoms with Gasteiger partial charge in [-0.25, -0.2) is 13.3 Å². The van der Waals surface area contributed by atoms with Crippen LogP contribution in [0.25, 0.3) is 16.9 Å². The summed E-state index contributed by atoms with van der Waals surface area (Å²) in [7, 11) is 0. The summed E-state index contributed by atoms with van der Waals surface area (Å²) in [4.78, 5) is 18.6. The highest BCUT2D eigenvalue weighted by atomic mass is 19.3. The van der Waals surface area contributed by atoms with E-state index in [4.69, 9.17) is 0 Å². The highest BCUT2D eigenvalue weighted by Gasteiger charge is 2.33. The molecule has 2 fully saturated rings. The van der Waals surface area contributed by atoms with Crippen molar-refractivity contribution in [3.8, 4) is 11.3 Å². The number of halogens is 2. The Labute approximate surface area is 179 Å². The normalized spacial score (nSPS) is 18.9. The van der Waals surface area contributed by atoms with Gasteiger partial charge in [-0.1, -0.05) is 30.3 Å². The van der Waals surface area contributed by atoms with Gasteiger partial charge in [0.15, 0.2) is 5.65 Å². The molecule has 31 heavy (non-hydrogen) atoms. The highest BCUT2D eigenvalue weighted by Crippen LogP contribution is 2.32. The van der Waals surface area contributed by atoms with E-state index in [2.05, 4.69) is 20.3 Å². The number of likely N-dealkylation sites (tertiary alicyclic amines) is 1. The Morgan fingerprint density at radius 1 is 1.10 bits per heavy atom. The molecule has 162 valence electrons. The van der Waals surface area contributed by atoms with Gasteiger partial charge in [-0.2, -0.15) is 4.98 Å². The number of aromatic nitrogens is 3. The van der Waals surface area contributed by atoms with E-state index < -0.39 is 5.92 Å². The Morgan fingerprint density at radius 3 is 2.55 bits per heavy atom. The minimum atomic E-state index is -2.52. The molecule has 1 saturated carbocycles. The van der Waals surface area contributed by atoms with Gasteiger partial charge in [-0.3, -0.25) is 15.0 Å². The summed E-state index contributed by atoms with van der Waals surface area (Å²) in [5.41, 5.74) is 3.60. The number of carbonyl (C=O) groups is 1. The lowest BCUT2D eigenvalue weighted by molar-refractivity contribution is -0.116. The molecule has 1 saturated heterocycles. The second-order valence-corrected chi connectivity index (χ2v) is 8.64. The summed E-state index contributed by atoms with van der Waals surface area (Å²) in [5, 5.41) is 7.28. The quantitative estimate of drug-likeness (QED) is 0.637. The number of alkyl halides is 2. The van der Waals surface area contributed by atoms with Gasteiger partial charge in [-0.05, 0) is 36.5 Å². The van der Waals surface area contributed by atoms with E-state index in [1.54, 1.807) is 4.52 Å². The maximum absolute atomic E-state index is 13.4. The van der Waals surface area contributed by atoms with E-state index in [0.717, 1.165) is 29.7 Å². The molecule has 0 radical (unpaired) electrons. The van der Waals surface area contributed by atoms with Crippen molar-refractivity contribution < 1.29 is 13.6 Å². The monoisotopic (exact) mass is 425 g/mol. The number of nitrogens with zero attached hydrogens (tertiary/aromatic N) is 4. The van der Waals surface area contributed by atoms with Crippen LogP contribution in [0.4, 0.5) is 14.7 Å². The fourth-order valence-electron chi connectivity index (χ4n) is 4.01. The van der Waals surface area contributed by atoms with Gasteiger partial charge >= 0.3 is 0 Å². The van der Waals surface area contributed by atoms with Crippen LogP contribution in [-0.2, 0) is 11.3 Å². The van der Waals surface area contributed by atoms with Crippen LogP contribution in [0.2, 0.25) is 0 Å². The van der Waals surface area contributed by atoms with E-state index in [0.29, 0.717) is 43.6 Å². The number of hydrogen-bond donors (Lipinski definition) is 1. The minimum absolute atomic E-state index is 0.0419. The largest absolute Gasteiger partial charge is 0.299 e. The first-order valence-electron chi connectivity index (χ1n) is 10.8. The molecule has 8 heteroatoms. The number of rotatable bonds is 6. The van der Waals surface area contributed by atoms with Gasteiger partial charge in [0.1, 0.15) is 0 Å². The number of hydrogen-bond acceptors (Lipinski definition) is 4. The smallest absolute Gasteiger partial charge is 0.250 e. The third-order valence-electron chi connectivity index (χ3n) is 6.03. The topological polar surface area (TPSA) is 62.5 Å². The van der Waals surface area contributed by atoms with Crippen LogP contribution in [0, 0.1) is 5.92 Å². The molecule has 0 bridgehead atoms. The Morgan fingerprint density at radius 2 is 1.84 bits per heavy atom. The predicted molar refractivity (Wildman–Crippen MR) is 114 cm³/mol. The first-order valence-corrected chi connectivity index (χ1v) is 10.8. The lowest BCUT2D eigenvalue weighted by Crippen LogP contribution is -2.38. The van der Waals surface area contributed by atoms with Gasteiger partial charge in [0.25, 0.3) is 5.92 Å². The SMILES string of the molecule is O=C(CC1CC1)Nc1nc2cccc(-c3ccc(CN4CCC(F)(F)CC4)cc3)n2n1. The number of pyridine rings is 1. The van der Waals surface area contributed by atoms with Crippen molar-refractivity contribution in [1.29, 1.82) is 0 Å². The summed E-state index contributed by atoms with van der Waals surface area (Å²) in [6, 6.07) is 13.8. The van der Waals surface area contributed by atoms with Crippen molar-refractivity contribution in [1.82, 2.24) is 19.5 Å². The van der Waals surface area contributed by atoms with Crippen LogP contribution in [-0.4, -0.2) is 44.4 Å². The molecule has 0 unspecified atom stereocenters. The maximum Gasteiger partial charge on any atom is 0.250 e. The zero-order chi connectivity index (χ0) is 21.4. The van der Waals surface area contributed by atoms with E-state index >= 15 is 0 Å². The second kappa shape index (κ2) is 8.00. The average Bonchev–Trinajstić information content (AvgIpc) is 3.45. The third-order valence-corrected chi connectivity index (χ3v) is 6.03. The van der Waals surface area contributed by atoms with Gasteiger partial charge in [0.05, 0.1) is 5.69 Å². The van der Waals surface area contributed by atoms with Crippen molar-refractivity contribution >= 4 is 17.5 Å². The van der Waals surface area contributed by atoms with E-state index in [1.165, 1.54) is 0 Å². The van der Waals surface area contributed by atoms with Crippen LogP contribution >= 0.6 is 0 Å². The Kier molecular flexibility index (Phi) is 5.17. The van der Waals surface area contributed by atoms with Crippen LogP contribution in [0.3, 0.4) is 0 Å². The number of piperidine rings is 1.